The molecule has 1 fully saturated rings. The summed E-state index contributed by atoms with van der Waals surface area (Å²) in [4.78, 5) is 24.0. The Bertz CT molecular complexity index is 1420. The van der Waals surface area contributed by atoms with E-state index in [2.05, 4.69) is 15.1 Å². The standard InChI is InChI=1S/C25H23F2N5O2/c1-31(2)14-29-22-16-6-5-10-28-23(16)20(27)12-17(22)25(33)15-8-9-19(26)24-18(15)13-32(30-24)21-7-3-4-11-34-21/h5-6,8-10,12-14,21H,3-4,7,11H2,1-2H3/b29-14+. The number of hydrogen-bond acceptors (Lipinski definition) is 5. The number of rotatable bonds is 5. The van der Waals surface area contributed by atoms with Gasteiger partial charge < -0.3 is 9.64 Å². The van der Waals surface area contributed by atoms with Crippen molar-refractivity contribution in [3.05, 3.63) is 65.5 Å². The maximum absolute atomic E-state index is 15.0. The zero-order chi connectivity index (χ0) is 23.8. The molecule has 1 aliphatic heterocycles. The third-order valence-corrected chi connectivity index (χ3v) is 5.82. The fourth-order valence-corrected chi connectivity index (χ4v) is 4.19. The van der Waals surface area contributed by atoms with Crippen LogP contribution in [0.4, 0.5) is 14.5 Å². The molecule has 9 heteroatoms. The van der Waals surface area contributed by atoms with Crippen LogP contribution >= 0.6 is 0 Å². The number of pyridine rings is 1. The van der Waals surface area contributed by atoms with E-state index in [0.29, 0.717) is 23.1 Å². The second-order valence-electron chi connectivity index (χ2n) is 8.48. The van der Waals surface area contributed by atoms with Gasteiger partial charge in [0, 0.05) is 49.4 Å². The topological polar surface area (TPSA) is 72.6 Å². The molecule has 0 N–H and O–H groups in total. The minimum atomic E-state index is -0.632. The van der Waals surface area contributed by atoms with Crippen molar-refractivity contribution in [2.24, 2.45) is 4.99 Å². The number of aliphatic imine (C=N–C) groups is 1. The molecule has 0 amide bonds. The van der Waals surface area contributed by atoms with Crippen LogP contribution in [0.15, 0.2) is 47.7 Å². The van der Waals surface area contributed by atoms with Gasteiger partial charge in [-0.25, -0.2) is 18.5 Å². The van der Waals surface area contributed by atoms with Crippen LogP contribution in [0.1, 0.15) is 41.4 Å². The van der Waals surface area contributed by atoms with Gasteiger partial charge in [-0.3, -0.25) is 9.78 Å². The van der Waals surface area contributed by atoms with E-state index in [-0.39, 0.29) is 28.4 Å². The van der Waals surface area contributed by atoms with Crippen molar-refractivity contribution < 1.29 is 18.3 Å². The zero-order valence-electron chi connectivity index (χ0n) is 18.8. The number of nitrogens with zero attached hydrogens (tertiary/aromatic N) is 5. The molecule has 174 valence electrons. The minimum absolute atomic E-state index is 0.0608. The molecule has 1 saturated heterocycles. The lowest BCUT2D eigenvalue weighted by Gasteiger charge is -2.22. The molecular formula is C25H23F2N5O2. The van der Waals surface area contributed by atoms with Crippen LogP contribution in [0.2, 0.25) is 0 Å². The number of benzene rings is 2. The van der Waals surface area contributed by atoms with Crippen molar-refractivity contribution in [3.63, 3.8) is 0 Å². The van der Waals surface area contributed by atoms with Crippen LogP contribution in [-0.2, 0) is 4.74 Å². The van der Waals surface area contributed by atoms with E-state index in [1.807, 2.05) is 0 Å². The number of carbonyl (C=O) groups is 1. The number of fused-ring (bicyclic) bond motifs is 2. The summed E-state index contributed by atoms with van der Waals surface area (Å²) in [7, 11) is 3.58. The van der Waals surface area contributed by atoms with Gasteiger partial charge in [0.05, 0.1) is 17.6 Å². The van der Waals surface area contributed by atoms with Gasteiger partial charge in [-0.05, 0) is 49.6 Å². The highest BCUT2D eigenvalue weighted by Gasteiger charge is 2.25. The lowest BCUT2D eigenvalue weighted by Crippen LogP contribution is -2.18. The van der Waals surface area contributed by atoms with Crippen molar-refractivity contribution in [2.45, 2.75) is 25.5 Å². The first-order chi connectivity index (χ1) is 16.4. The molecule has 4 aromatic rings. The Morgan fingerprint density at radius 2 is 2.00 bits per heavy atom. The van der Waals surface area contributed by atoms with Gasteiger partial charge >= 0.3 is 0 Å². The number of carbonyl (C=O) groups excluding carboxylic acids is 1. The van der Waals surface area contributed by atoms with E-state index >= 15 is 0 Å². The van der Waals surface area contributed by atoms with Crippen molar-refractivity contribution in [1.82, 2.24) is 19.7 Å². The molecule has 0 saturated carbocycles. The lowest BCUT2D eigenvalue weighted by molar-refractivity contribution is -0.0391. The molecule has 1 unspecified atom stereocenters. The molecule has 2 aromatic carbocycles. The second kappa shape index (κ2) is 8.90. The highest BCUT2D eigenvalue weighted by Crippen LogP contribution is 2.35. The average molecular weight is 463 g/mol. The molecule has 7 nitrogen and oxygen atoms in total. The first-order valence-electron chi connectivity index (χ1n) is 11.1. The number of ether oxygens (including phenoxy) is 1. The number of hydrogen-bond donors (Lipinski definition) is 0. The van der Waals surface area contributed by atoms with Gasteiger partial charge in [-0.1, -0.05) is 0 Å². The highest BCUT2D eigenvalue weighted by atomic mass is 19.1. The van der Waals surface area contributed by atoms with E-state index in [0.717, 1.165) is 25.3 Å². The zero-order valence-corrected chi connectivity index (χ0v) is 18.8. The number of aromatic nitrogens is 3. The van der Waals surface area contributed by atoms with E-state index < -0.39 is 17.4 Å². The van der Waals surface area contributed by atoms with E-state index in [1.54, 1.807) is 42.0 Å². The van der Waals surface area contributed by atoms with Gasteiger partial charge in [0.2, 0.25) is 0 Å². The Hall–Kier alpha value is -3.72. The lowest BCUT2D eigenvalue weighted by atomic mass is 9.96. The van der Waals surface area contributed by atoms with Crippen LogP contribution in [0.25, 0.3) is 21.8 Å². The number of halogens is 2. The van der Waals surface area contributed by atoms with Crippen LogP contribution in [-0.4, -0.2) is 52.5 Å². The second-order valence-corrected chi connectivity index (χ2v) is 8.48. The fourth-order valence-electron chi connectivity index (χ4n) is 4.19. The first kappa shape index (κ1) is 22.1. The van der Waals surface area contributed by atoms with Crippen molar-refractivity contribution in [1.29, 1.82) is 0 Å². The third kappa shape index (κ3) is 3.92. The molecule has 0 radical (unpaired) electrons. The highest BCUT2D eigenvalue weighted by molar-refractivity contribution is 6.20. The quantitative estimate of drug-likeness (QED) is 0.236. The van der Waals surface area contributed by atoms with Crippen molar-refractivity contribution >= 4 is 39.6 Å². The van der Waals surface area contributed by atoms with Crippen LogP contribution in [0.3, 0.4) is 0 Å². The van der Waals surface area contributed by atoms with Crippen molar-refractivity contribution in [3.8, 4) is 0 Å². The monoisotopic (exact) mass is 463 g/mol. The maximum Gasteiger partial charge on any atom is 0.196 e. The molecule has 3 heterocycles. The summed E-state index contributed by atoms with van der Waals surface area (Å²) in [5, 5.41) is 5.12. The Labute approximate surface area is 194 Å². The van der Waals surface area contributed by atoms with E-state index in [9.17, 15) is 13.6 Å². The van der Waals surface area contributed by atoms with Gasteiger partial charge in [0.15, 0.2) is 11.6 Å². The summed E-state index contributed by atoms with van der Waals surface area (Å²) >= 11 is 0. The largest absolute Gasteiger partial charge is 0.369 e. The van der Waals surface area contributed by atoms with Gasteiger partial charge in [-0.15, -0.1) is 0 Å². The molecule has 0 aliphatic carbocycles. The van der Waals surface area contributed by atoms with Gasteiger partial charge in [0.1, 0.15) is 23.1 Å². The molecular weight excluding hydrogens is 440 g/mol. The molecule has 5 rings (SSSR count). The normalized spacial score (nSPS) is 16.5. The van der Waals surface area contributed by atoms with E-state index in [4.69, 9.17) is 4.74 Å². The summed E-state index contributed by atoms with van der Waals surface area (Å²) in [5.41, 5.74) is 0.759. The summed E-state index contributed by atoms with van der Waals surface area (Å²) in [6, 6.07) is 7.08. The third-order valence-electron chi connectivity index (χ3n) is 5.82. The molecule has 1 atom stereocenters. The minimum Gasteiger partial charge on any atom is -0.369 e. The average Bonchev–Trinajstić information content (AvgIpc) is 3.30. The Kier molecular flexibility index (Phi) is 5.79. The summed E-state index contributed by atoms with van der Waals surface area (Å²) in [6.45, 7) is 0.604. The van der Waals surface area contributed by atoms with Crippen LogP contribution in [0, 0.1) is 11.6 Å². The smallest absolute Gasteiger partial charge is 0.196 e. The molecule has 0 spiro atoms. The summed E-state index contributed by atoms with van der Waals surface area (Å²) in [6.07, 6.45) is 7.04. The SMILES string of the molecule is CN(C)/C=N/c1c(C(=O)c2ccc(F)c3nn(C4CCCCO4)cc23)cc(F)c2ncccc12. The Morgan fingerprint density at radius 3 is 2.76 bits per heavy atom. The number of ketones is 1. The predicted molar refractivity (Wildman–Crippen MR) is 126 cm³/mol. The molecule has 34 heavy (non-hydrogen) atoms. The maximum atomic E-state index is 15.0. The fraction of sp³-hybridized carbons (Fsp3) is 0.280. The van der Waals surface area contributed by atoms with Crippen LogP contribution in [0.5, 0.6) is 0 Å². The molecule has 1 aliphatic rings. The predicted octanol–water partition coefficient (Wildman–Crippen LogP) is 5.01. The van der Waals surface area contributed by atoms with Crippen molar-refractivity contribution in [2.75, 3.05) is 20.7 Å². The van der Waals surface area contributed by atoms with Gasteiger partial charge in [-0.2, -0.15) is 5.10 Å². The van der Waals surface area contributed by atoms with Crippen LogP contribution < -0.4 is 0 Å². The first-order valence-corrected chi connectivity index (χ1v) is 11.1. The van der Waals surface area contributed by atoms with E-state index in [1.165, 1.54) is 24.7 Å². The summed E-state index contributed by atoms with van der Waals surface area (Å²) < 4.78 is 36.9. The molecule has 2 aromatic heterocycles. The Balaban J connectivity index is 1.68. The molecule has 0 bridgehead atoms. The summed E-state index contributed by atoms with van der Waals surface area (Å²) in [5.74, 6) is -1.65. The van der Waals surface area contributed by atoms with Gasteiger partial charge in [0.25, 0.3) is 0 Å². The Morgan fingerprint density at radius 1 is 1.15 bits per heavy atom.